The molecule has 22 heavy (non-hydrogen) atoms. The predicted molar refractivity (Wildman–Crippen MR) is 91.9 cm³/mol. The van der Waals surface area contributed by atoms with Crippen LogP contribution in [0, 0.1) is 17.8 Å². The average molecular weight is 312 g/mol. The maximum absolute atomic E-state index is 12.1. The molecule has 4 heteroatoms. The minimum Gasteiger partial charge on any atom is -0.371 e. The number of nitrogens with one attached hydrogen (secondary N) is 1. The molecule has 0 aromatic heterocycles. The lowest BCUT2D eigenvalue weighted by Crippen LogP contribution is -2.41. The van der Waals surface area contributed by atoms with E-state index in [0.29, 0.717) is 18.6 Å². The Kier molecular flexibility index (Phi) is 9.03. The third-order valence-corrected chi connectivity index (χ3v) is 4.65. The highest BCUT2D eigenvalue weighted by molar-refractivity contribution is 5.77. The fourth-order valence-corrected chi connectivity index (χ4v) is 2.96. The fourth-order valence-electron chi connectivity index (χ4n) is 2.96. The standard InChI is InChI=1S/C18H36N2O2/c1-14(2)17-7-10-20(11-8-17)18(21)13-22-12-16(5)6-9-19-15(3)4/h14-17,19H,6-13H2,1-5H3. The van der Waals surface area contributed by atoms with Gasteiger partial charge in [-0.1, -0.05) is 34.6 Å². The van der Waals surface area contributed by atoms with Crippen molar-refractivity contribution in [3.63, 3.8) is 0 Å². The molecule has 130 valence electrons. The van der Waals surface area contributed by atoms with Gasteiger partial charge in [0.25, 0.3) is 0 Å². The Morgan fingerprint density at radius 3 is 2.36 bits per heavy atom. The zero-order valence-electron chi connectivity index (χ0n) is 15.2. The van der Waals surface area contributed by atoms with E-state index in [1.165, 1.54) is 0 Å². The van der Waals surface area contributed by atoms with Crippen molar-refractivity contribution in [1.29, 1.82) is 0 Å². The van der Waals surface area contributed by atoms with Gasteiger partial charge >= 0.3 is 0 Å². The van der Waals surface area contributed by atoms with Gasteiger partial charge in [-0.05, 0) is 43.6 Å². The zero-order valence-corrected chi connectivity index (χ0v) is 15.2. The van der Waals surface area contributed by atoms with Crippen LogP contribution in [0.3, 0.4) is 0 Å². The summed E-state index contributed by atoms with van der Waals surface area (Å²) in [5.41, 5.74) is 0. The Bertz CT molecular complexity index is 310. The first-order valence-corrected chi connectivity index (χ1v) is 8.99. The van der Waals surface area contributed by atoms with Crippen molar-refractivity contribution in [1.82, 2.24) is 10.2 Å². The van der Waals surface area contributed by atoms with Gasteiger partial charge in [-0.25, -0.2) is 0 Å². The number of likely N-dealkylation sites (tertiary alicyclic amines) is 1. The molecule has 1 fully saturated rings. The van der Waals surface area contributed by atoms with Gasteiger partial charge in [0.2, 0.25) is 5.91 Å². The van der Waals surface area contributed by atoms with Crippen molar-refractivity contribution in [2.75, 3.05) is 32.8 Å². The molecule has 0 radical (unpaired) electrons. The van der Waals surface area contributed by atoms with E-state index < -0.39 is 0 Å². The first-order valence-electron chi connectivity index (χ1n) is 8.99. The molecule has 1 atom stereocenters. The van der Waals surface area contributed by atoms with Crippen LogP contribution in [0.1, 0.15) is 53.9 Å². The lowest BCUT2D eigenvalue weighted by molar-refractivity contribution is -0.138. The Morgan fingerprint density at radius 2 is 1.82 bits per heavy atom. The molecular formula is C18H36N2O2. The molecule has 0 aliphatic carbocycles. The van der Waals surface area contributed by atoms with Crippen molar-refractivity contribution in [2.24, 2.45) is 17.8 Å². The van der Waals surface area contributed by atoms with Gasteiger partial charge in [0, 0.05) is 25.7 Å². The second-order valence-corrected chi connectivity index (χ2v) is 7.48. The van der Waals surface area contributed by atoms with Gasteiger partial charge in [0.15, 0.2) is 0 Å². The molecule has 1 N–H and O–H groups in total. The quantitative estimate of drug-likeness (QED) is 0.712. The van der Waals surface area contributed by atoms with Crippen LogP contribution >= 0.6 is 0 Å². The highest BCUT2D eigenvalue weighted by Crippen LogP contribution is 2.24. The van der Waals surface area contributed by atoms with Crippen LogP contribution in [0.5, 0.6) is 0 Å². The van der Waals surface area contributed by atoms with Crippen LogP contribution in [0.15, 0.2) is 0 Å². The average Bonchev–Trinajstić information content (AvgIpc) is 2.46. The van der Waals surface area contributed by atoms with E-state index in [1.807, 2.05) is 4.90 Å². The van der Waals surface area contributed by atoms with E-state index in [9.17, 15) is 4.79 Å². The summed E-state index contributed by atoms with van der Waals surface area (Å²) in [6.45, 7) is 14.8. The summed E-state index contributed by atoms with van der Waals surface area (Å²) in [5, 5.41) is 3.41. The van der Waals surface area contributed by atoms with Crippen LogP contribution < -0.4 is 5.32 Å². The second-order valence-electron chi connectivity index (χ2n) is 7.48. The highest BCUT2D eigenvalue weighted by atomic mass is 16.5. The SMILES string of the molecule is CC(CCNC(C)C)COCC(=O)N1CCC(C(C)C)CC1. The summed E-state index contributed by atoms with van der Waals surface area (Å²) < 4.78 is 5.62. The minimum atomic E-state index is 0.162. The third kappa shape index (κ3) is 7.59. The van der Waals surface area contributed by atoms with Gasteiger partial charge in [-0.15, -0.1) is 0 Å². The van der Waals surface area contributed by atoms with Gasteiger partial charge in [0.1, 0.15) is 6.61 Å². The molecule has 4 nitrogen and oxygen atoms in total. The van der Waals surface area contributed by atoms with Crippen molar-refractivity contribution in [2.45, 2.75) is 59.9 Å². The molecule has 1 saturated heterocycles. The van der Waals surface area contributed by atoms with Crippen molar-refractivity contribution in [3.8, 4) is 0 Å². The summed E-state index contributed by atoms with van der Waals surface area (Å²) in [7, 11) is 0. The van der Waals surface area contributed by atoms with E-state index >= 15 is 0 Å². The van der Waals surface area contributed by atoms with Crippen LogP contribution in [-0.4, -0.2) is 49.7 Å². The maximum Gasteiger partial charge on any atom is 0.248 e. The van der Waals surface area contributed by atoms with E-state index in [0.717, 1.165) is 50.7 Å². The molecule has 0 bridgehead atoms. The van der Waals surface area contributed by atoms with Crippen LogP contribution in [-0.2, 0) is 9.53 Å². The number of carbonyl (C=O) groups is 1. The molecule has 1 rings (SSSR count). The number of hydrogen-bond acceptors (Lipinski definition) is 3. The fraction of sp³-hybridized carbons (Fsp3) is 0.944. The molecule has 1 amide bonds. The number of amides is 1. The molecule has 1 aliphatic heterocycles. The lowest BCUT2D eigenvalue weighted by atomic mass is 9.87. The van der Waals surface area contributed by atoms with Gasteiger partial charge < -0.3 is 15.0 Å². The maximum atomic E-state index is 12.1. The predicted octanol–water partition coefficient (Wildman–Crippen LogP) is 2.92. The first-order chi connectivity index (χ1) is 10.4. The highest BCUT2D eigenvalue weighted by Gasteiger charge is 2.24. The Balaban J connectivity index is 2.11. The van der Waals surface area contributed by atoms with Crippen molar-refractivity contribution < 1.29 is 9.53 Å². The summed E-state index contributed by atoms with van der Waals surface area (Å²) >= 11 is 0. The summed E-state index contributed by atoms with van der Waals surface area (Å²) in [5.74, 6) is 2.16. The van der Waals surface area contributed by atoms with E-state index in [4.69, 9.17) is 4.74 Å². The van der Waals surface area contributed by atoms with Crippen molar-refractivity contribution >= 4 is 5.91 Å². The minimum absolute atomic E-state index is 0.162. The van der Waals surface area contributed by atoms with Gasteiger partial charge in [0.05, 0.1) is 0 Å². The molecule has 1 heterocycles. The second kappa shape index (κ2) is 10.2. The largest absolute Gasteiger partial charge is 0.371 e. The van der Waals surface area contributed by atoms with Crippen molar-refractivity contribution in [3.05, 3.63) is 0 Å². The van der Waals surface area contributed by atoms with E-state index in [2.05, 4.69) is 39.9 Å². The third-order valence-electron chi connectivity index (χ3n) is 4.65. The molecule has 0 aromatic carbocycles. The number of rotatable bonds is 9. The van der Waals surface area contributed by atoms with Gasteiger partial charge in [-0.2, -0.15) is 0 Å². The number of carbonyl (C=O) groups excluding carboxylic acids is 1. The molecule has 0 spiro atoms. The summed E-state index contributed by atoms with van der Waals surface area (Å²) in [6.07, 6.45) is 3.37. The van der Waals surface area contributed by atoms with E-state index in [-0.39, 0.29) is 12.5 Å². The first kappa shape index (κ1) is 19.4. The molecular weight excluding hydrogens is 276 g/mol. The van der Waals surface area contributed by atoms with E-state index in [1.54, 1.807) is 0 Å². The molecule has 0 aromatic rings. The van der Waals surface area contributed by atoms with Crippen LogP contribution in [0.25, 0.3) is 0 Å². The summed E-state index contributed by atoms with van der Waals surface area (Å²) in [4.78, 5) is 14.1. The normalized spacial score (nSPS) is 18.2. The van der Waals surface area contributed by atoms with Crippen LogP contribution in [0.4, 0.5) is 0 Å². The monoisotopic (exact) mass is 312 g/mol. The van der Waals surface area contributed by atoms with Gasteiger partial charge in [-0.3, -0.25) is 4.79 Å². The molecule has 1 aliphatic rings. The Hall–Kier alpha value is -0.610. The topological polar surface area (TPSA) is 41.6 Å². The number of nitrogens with zero attached hydrogens (tertiary/aromatic N) is 1. The lowest BCUT2D eigenvalue weighted by Gasteiger charge is -2.33. The Labute approximate surface area is 137 Å². The molecule has 1 unspecified atom stereocenters. The zero-order chi connectivity index (χ0) is 16.5. The number of ether oxygens (including phenoxy) is 1. The Morgan fingerprint density at radius 1 is 1.18 bits per heavy atom. The molecule has 0 saturated carbocycles. The van der Waals surface area contributed by atoms with Crippen LogP contribution in [0.2, 0.25) is 0 Å². The number of hydrogen-bond donors (Lipinski definition) is 1. The number of piperidine rings is 1. The summed E-state index contributed by atoms with van der Waals surface area (Å²) in [6, 6.07) is 0.531. The smallest absolute Gasteiger partial charge is 0.248 e.